The van der Waals surface area contributed by atoms with Crippen molar-refractivity contribution in [3.05, 3.63) is 24.5 Å². The summed E-state index contributed by atoms with van der Waals surface area (Å²) in [6.45, 7) is 0. The molecule has 2 aromatic rings. The van der Waals surface area contributed by atoms with E-state index in [-0.39, 0.29) is 0 Å². The number of aromatic amines is 1. The fourth-order valence-electron chi connectivity index (χ4n) is 1.04. The van der Waals surface area contributed by atoms with Crippen molar-refractivity contribution in [2.75, 3.05) is 3.53 Å². The SMILES string of the molecule is INc1ccnc2cc[nH]c12. The molecule has 0 fully saturated rings. The number of H-pyrrole nitrogens is 1. The van der Waals surface area contributed by atoms with E-state index in [4.69, 9.17) is 0 Å². The fourth-order valence-corrected chi connectivity index (χ4v) is 1.49. The van der Waals surface area contributed by atoms with E-state index in [2.05, 4.69) is 36.4 Å². The molecule has 0 aromatic carbocycles. The third-order valence-electron chi connectivity index (χ3n) is 1.55. The molecule has 3 nitrogen and oxygen atoms in total. The van der Waals surface area contributed by atoms with E-state index in [0.29, 0.717) is 0 Å². The summed E-state index contributed by atoms with van der Waals surface area (Å²) in [7, 11) is 0. The molecule has 0 aliphatic heterocycles. The molecule has 0 saturated carbocycles. The Morgan fingerprint density at radius 2 is 2.36 bits per heavy atom. The van der Waals surface area contributed by atoms with Crippen LogP contribution >= 0.6 is 22.9 Å². The topological polar surface area (TPSA) is 40.7 Å². The van der Waals surface area contributed by atoms with Gasteiger partial charge in [-0.1, -0.05) is 0 Å². The summed E-state index contributed by atoms with van der Waals surface area (Å²) in [6.07, 6.45) is 3.67. The standard InChI is InChI=1S/C7H6IN3/c8-11-6-2-3-9-5-1-4-10-7(5)6/h1-4,10H,(H,9,11). The largest absolute Gasteiger partial charge is 0.358 e. The number of rotatable bonds is 1. The van der Waals surface area contributed by atoms with E-state index in [9.17, 15) is 0 Å². The normalized spacial score (nSPS) is 10.3. The number of nitrogens with one attached hydrogen (secondary N) is 2. The zero-order chi connectivity index (χ0) is 7.68. The minimum Gasteiger partial charge on any atom is -0.358 e. The Kier molecular flexibility index (Phi) is 1.69. The van der Waals surface area contributed by atoms with Crippen molar-refractivity contribution in [2.24, 2.45) is 0 Å². The highest BCUT2D eigenvalue weighted by Gasteiger charge is 1.98. The van der Waals surface area contributed by atoms with Crippen LogP contribution in [0.1, 0.15) is 0 Å². The molecule has 0 aliphatic rings. The lowest BCUT2D eigenvalue weighted by Gasteiger charge is -1.97. The molecular weight excluding hydrogens is 253 g/mol. The van der Waals surface area contributed by atoms with Gasteiger partial charge in [-0.3, -0.25) is 4.98 Å². The van der Waals surface area contributed by atoms with Crippen LogP contribution in [-0.4, -0.2) is 9.97 Å². The predicted molar refractivity (Wildman–Crippen MR) is 53.7 cm³/mol. The third kappa shape index (κ3) is 1.07. The molecule has 0 bridgehead atoms. The number of hydrogen-bond acceptors (Lipinski definition) is 2. The molecule has 56 valence electrons. The van der Waals surface area contributed by atoms with Gasteiger partial charge in [0.1, 0.15) is 0 Å². The maximum absolute atomic E-state index is 4.18. The first-order valence-electron chi connectivity index (χ1n) is 3.20. The van der Waals surface area contributed by atoms with Crippen LogP contribution in [-0.2, 0) is 0 Å². The smallest absolute Gasteiger partial charge is 0.0900 e. The molecule has 2 heterocycles. The highest BCUT2D eigenvalue weighted by Crippen LogP contribution is 2.19. The molecular formula is C7H6IN3. The number of halogens is 1. The Hall–Kier alpha value is -0.780. The van der Waals surface area contributed by atoms with E-state index in [0.717, 1.165) is 16.7 Å². The van der Waals surface area contributed by atoms with Gasteiger partial charge in [-0.25, -0.2) is 0 Å². The van der Waals surface area contributed by atoms with Crippen LogP contribution < -0.4 is 3.53 Å². The van der Waals surface area contributed by atoms with Gasteiger partial charge < -0.3 is 8.51 Å². The van der Waals surface area contributed by atoms with Crippen molar-refractivity contribution in [1.82, 2.24) is 9.97 Å². The van der Waals surface area contributed by atoms with Gasteiger partial charge in [0.15, 0.2) is 0 Å². The summed E-state index contributed by atoms with van der Waals surface area (Å²) in [5, 5.41) is 0. The molecule has 0 atom stereocenters. The lowest BCUT2D eigenvalue weighted by molar-refractivity contribution is 1.41. The molecule has 2 aromatic heterocycles. The summed E-state index contributed by atoms with van der Waals surface area (Å²) in [6, 6.07) is 3.89. The summed E-state index contributed by atoms with van der Waals surface area (Å²) >= 11 is 2.10. The van der Waals surface area contributed by atoms with Crippen molar-refractivity contribution in [2.45, 2.75) is 0 Å². The second-order valence-corrected chi connectivity index (χ2v) is 2.73. The zero-order valence-electron chi connectivity index (χ0n) is 5.63. The number of aromatic nitrogens is 2. The summed E-state index contributed by atoms with van der Waals surface area (Å²) in [5.41, 5.74) is 3.12. The molecule has 2 rings (SSSR count). The molecule has 0 spiro atoms. The van der Waals surface area contributed by atoms with Crippen molar-refractivity contribution >= 4 is 39.6 Å². The fraction of sp³-hybridized carbons (Fsp3) is 0. The number of anilines is 1. The van der Waals surface area contributed by atoms with Gasteiger partial charge in [0.2, 0.25) is 0 Å². The molecule has 4 heteroatoms. The van der Waals surface area contributed by atoms with E-state index in [1.807, 2.05) is 18.3 Å². The van der Waals surface area contributed by atoms with Crippen LogP contribution in [0.2, 0.25) is 0 Å². The van der Waals surface area contributed by atoms with Gasteiger partial charge in [0, 0.05) is 12.4 Å². The Balaban J connectivity index is 2.79. The maximum Gasteiger partial charge on any atom is 0.0900 e. The van der Waals surface area contributed by atoms with Crippen LogP contribution in [0.5, 0.6) is 0 Å². The van der Waals surface area contributed by atoms with E-state index in [1.165, 1.54) is 0 Å². The van der Waals surface area contributed by atoms with Crippen molar-refractivity contribution in [1.29, 1.82) is 0 Å². The Bertz CT molecular complexity index is 368. The van der Waals surface area contributed by atoms with Gasteiger partial charge in [-0.05, 0) is 12.1 Å². The predicted octanol–water partition coefficient (Wildman–Crippen LogP) is 2.32. The summed E-state index contributed by atoms with van der Waals surface area (Å²) in [4.78, 5) is 7.28. The second-order valence-electron chi connectivity index (χ2n) is 2.19. The first-order valence-corrected chi connectivity index (χ1v) is 4.28. The van der Waals surface area contributed by atoms with E-state index < -0.39 is 0 Å². The molecule has 0 amide bonds. The molecule has 0 unspecified atom stereocenters. The van der Waals surface area contributed by atoms with E-state index >= 15 is 0 Å². The first-order chi connectivity index (χ1) is 5.42. The maximum atomic E-state index is 4.18. The first kappa shape index (κ1) is 6.90. The number of fused-ring (bicyclic) bond motifs is 1. The minimum atomic E-state index is 0.992. The highest BCUT2D eigenvalue weighted by molar-refractivity contribution is 14.1. The molecule has 0 radical (unpaired) electrons. The zero-order valence-corrected chi connectivity index (χ0v) is 7.79. The molecule has 0 aliphatic carbocycles. The van der Waals surface area contributed by atoms with Crippen molar-refractivity contribution in [3.8, 4) is 0 Å². The second kappa shape index (κ2) is 2.69. The van der Waals surface area contributed by atoms with Crippen molar-refractivity contribution < 1.29 is 0 Å². The average Bonchev–Trinajstić information content (AvgIpc) is 2.50. The molecule has 11 heavy (non-hydrogen) atoms. The average molecular weight is 259 g/mol. The summed E-state index contributed by atoms with van der Waals surface area (Å²) in [5.74, 6) is 0. The van der Waals surface area contributed by atoms with Crippen LogP contribution in [0.25, 0.3) is 11.0 Å². The number of nitrogens with zero attached hydrogens (tertiary/aromatic N) is 1. The minimum absolute atomic E-state index is 0.992. The monoisotopic (exact) mass is 259 g/mol. The van der Waals surface area contributed by atoms with Crippen molar-refractivity contribution in [3.63, 3.8) is 0 Å². The Morgan fingerprint density at radius 1 is 1.45 bits per heavy atom. The van der Waals surface area contributed by atoms with Crippen LogP contribution in [0.15, 0.2) is 24.5 Å². The van der Waals surface area contributed by atoms with Gasteiger partial charge >= 0.3 is 0 Å². The number of pyridine rings is 1. The van der Waals surface area contributed by atoms with E-state index in [1.54, 1.807) is 6.20 Å². The van der Waals surface area contributed by atoms with Crippen LogP contribution in [0, 0.1) is 0 Å². The molecule has 0 saturated heterocycles. The Labute approximate surface area is 77.7 Å². The van der Waals surface area contributed by atoms with Gasteiger partial charge in [-0.15, -0.1) is 0 Å². The van der Waals surface area contributed by atoms with Gasteiger partial charge in [-0.2, -0.15) is 0 Å². The van der Waals surface area contributed by atoms with Crippen LogP contribution in [0.3, 0.4) is 0 Å². The molecule has 2 N–H and O–H groups in total. The quantitative estimate of drug-likeness (QED) is 0.609. The Morgan fingerprint density at radius 3 is 3.18 bits per heavy atom. The summed E-state index contributed by atoms with van der Waals surface area (Å²) < 4.78 is 3.05. The lowest BCUT2D eigenvalue weighted by atomic mass is 10.3. The highest BCUT2D eigenvalue weighted by atomic mass is 127. The lowest BCUT2D eigenvalue weighted by Crippen LogP contribution is -1.82. The van der Waals surface area contributed by atoms with Gasteiger partial charge in [0.05, 0.1) is 39.6 Å². The number of hydrogen-bond donors (Lipinski definition) is 2. The van der Waals surface area contributed by atoms with Crippen LogP contribution in [0.4, 0.5) is 5.69 Å². The third-order valence-corrected chi connectivity index (χ3v) is 2.13. The van der Waals surface area contributed by atoms with Gasteiger partial charge in [0.25, 0.3) is 0 Å².